The van der Waals surface area contributed by atoms with E-state index in [1.165, 1.54) is 10.5 Å². The lowest BCUT2D eigenvalue weighted by molar-refractivity contribution is -0.122. The van der Waals surface area contributed by atoms with Crippen molar-refractivity contribution in [3.8, 4) is 5.75 Å². The Kier molecular flexibility index (Phi) is 5.78. The molecule has 0 atom stereocenters. The largest absolute Gasteiger partial charge is 0.496 e. The number of ether oxygens (including phenoxy) is 1. The van der Waals surface area contributed by atoms with Crippen LogP contribution in [0, 0.1) is 6.92 Å². The number of imide groups is 1. The van der Waals surface area contributed by atoms with Crippen LogP contribution in [0.3, 0.4) is 0 Å². The molecule has 0 aliphatic carbocycles. The van der Waals surface area contributed by atoms with Gasteiger partial charge in [0.15, 0.2) is 0 Å². The molecule has 1 aliphatic heterocycles. The third kappa shape index (κ3) is 4.17. The van der Waals surface area contributed by atoms with Crippen molar-refractivity contribution in [1.29, 1.82) is 0 Å². The van der Waals surface area contributed by atoms with Gasteiger partial charge in [-0.1, -0.05) is 36.4 Å². The number of thioether (sulfide) groups is 1. The standard InChI is InChI=1S/C21H21NO3S/c1-15-13-17(10-11-18(15)25-2)14-19-20(23)22(21(24)26-19)12-6-9-16-7-4-3-5-8-16/h3-5,7-8,10-11,13-14H,6,9,12H2,1-2H3/b19-14+. The summed E-state index contributed by atoms with van der Waals surface area (Å²) in [7, 11) is 1.63. The van der Waals surface area contributed by atoms with Crippen molar-refractivity contribution in [1.82, 2.24) is 4.90 Å². The van der Waals surface area contributed by atoms with Gasteiger partial charge in [-0.25, -0.2) is 0 Å². The highest BCUT2D eigenvalue weighted by atomic mass is 32.2. The molecule has 0 bridgehead atoms. The van der Waals surface area contributed by atoms with Crippen molar-refractivity contribution in [2.75, 3.05) is 13.7 Å². The van der Waals surface area contributed by atoms with Gasteiger partial charge in [0.25, 0.3) is 11.1 Å². The lowest BCUT2D eigenvalue weighted by Crippen LogP contribution is -2.29. The summed E-state index contributed by atoms with van der Waals surface area (Å²) in [6.07, 6.45) is 3.38. The number of carbonyl (C=O) groups excluding carboxylic acids is 2. The average Bonchev–Trinajstić information content (AvgIpc) is 2.90. The topological polar surface area (TPSA) is 46.6 Å². The second kappa shape index (κ2) is 8.23. The summed E-state index contributed by atoms with van der Waals surface area (Å²) in [5, 5.41) is -0.195. The Morgan fingerprint density at radius 2 is 1.88 bits per heavy atom. The van der Waals surface area contributed by atoms with Crippen LogP contribution < -0.4 is 4.74 Å². The van der Waals surface area contributed by atoms with Gasteiger partial charge in [-0.05, 0) is 66.4 Å². The lowest BCUT2D eigenvalue weighted by Gasteiger charge is -2.12. The summed E-state index contributed by atoms with van der Waals surface area (Å²) in [4.78, 5) is 26.6. The lowest BCUT2D eigenvalue weighted by atomic mass is 10.1. The van der Waals surface area contributed by atoms with E-state index in [1.54, 1.807) is 13.2 Å². The molecule has 3 rings (SSSR count). The van der Waals surface area contributed by atoms with E-state index < -0.39 is 0 Å². The number of benzene rings is 2. The molecule has 0 unspecified atom stereocenters. The van der Waals surface area contributed by atoms with E-state index in [1.807, 2.05) is 43.3 Å². The van der Waals surface area contributed by atoms with Gasteiger partial charge in [0.2, 0.25) is 0 Å². The highest BCUT2D eigenvalue weighted by molar-refractivity contribution is 8.18. The second-order valence-corrected chi connectivity index (χ2v) is 7.14. The zero-order chi connectivity index (χ0) is 18.5. The van der Waals surface area contributed by atoms with Crippen LogP contribution in [0.15, 0.2) is 53.4 Å². The number of hydrogen-bond donors (Lipinski definition) is 0. The summed E-state index contributed by atoms with van der Waals surface area (Å²) >= 11 is 1.01. The fourth-order valence-electron chi connectivity index (χ4n) is 2.92. The van der Waals surface area contributed by atoms with Crippen molar-refractivity contribution in [3.05, 3.63) is 70.1 Å². The molecule has 26 heavy (non-hydrogen) atoms. The molecule has 2 aromatic rings. The first kappa shape index (κ1) is 18.3. The van der Waals surface area contributed by atoms with E-state index in [4.69, 9.17) is 4.74 Å². The first-order valence-electron chi connectivity index (χ1n) is 8.52. The van der Waals surface area contributed by atoms with Gasteiger partial charge in [-0.3, -0.25) is 14.5 Å². The molecule has 4 nitrogen and oxygen atoms in total. The molecule has 0 N–H and O–H groups in total. The molecular formula is C21H21NO3S. The summed E-state index contributed by atoms with van der Waals surface area (Å²) in [5.74, 6) is 0.595. The van der Waals surface area contributed by atoms with Crippen LogP contribution >= 0.6 is 11.8 Å². The third-order valence-corrected chi connectivity index (χ3v) is 5.19. The first-order valence-corrected chi connectivity index (χ1v) is 9.34. The Bertz CT molecular complexity index is 846. The van der Waals surface area contributed by atoms with Crippen LogP contribution in [-0.4, -0.2) is 29.7 Å². The zero-order valence-corrected chi connectivity index (χ0v) is 15.7. The highest BCUT2D eigenvalue weighted by Gasteiger charge is 2.34. The summed E-state index contributed by atoms with van der Waals surface area (Å²) in [6, 6.07) is 15.8. The molecule has 1 saturated heterocycles. The minimum Gasteiger partial charge on any atom is -0.496 e. The van der Waals surface area contributed by atoms with Crippen molar-refractivity contribution < 1.29 is 14.3 Å². The first-order chi connectivity index (χ1) is 12.6. The van der Waals surface area contributed by atoms with E-state index in [0.717, 1.165) is 41.5 Å². The van der Waals surface area contributed by atoms with Crippen molar-refractivity contribution >= 4 is 29.0 Å². The van der Waals surface area contributed by atoms with E-state index >= 15 is 0 Å². The summed E-state index contributed by atoms with van der Waals surface area (Å²) < 4.78 is 5.25. The normalized spacial score (nSPS) is 15.8. The predicted octanol–water partition coefficient (Wildman–Crippen LogP) is 4.67. The van der Waals surface area contributed by atoms with Crippen LogP contribution in [0.5, 0.6) is 5.75 Å². The van der Waals surface area contributed by atoms with E-state index in [-0.39, 0.29) is 11.1 Å². The maximum Gasteiger partial charge on any atom is 0.293 e. The Hall–Kier alpha value is -2.53. The Balaban J connectivity index is 1.65. The smallest absolute Gasteiger partial charge is 0.293 e. The van der Waals surface area contributed by atoms with Crippen molar-refractivity contribution in [2.45, 2.75) is 19.8 Å². The van der Waals surface area contributed by atoms with E-state index in [9.17, 15) is 9.59 Å². The molecule has 2 aromatic carbocycles. The number of amides is 2. The van der Waals surface area contributed by atoms with Gasteiger partial charge < -0.3 is 4.74 Å². The van der Waals surface area contributed by atoms with Gasteiger partial charge in [-0.15, -0.1) is 0 Å². The zero-order valence-electron chi connectivity index (χ0n) is 14.9. The molecule has 1 aliphatic rings. The monoisotopic (exact) mass is 367 g/mol. The number of rotatable bonds is 6. The van der Waals surface area contributed by atoms with Gasteiger partial charge in [0.1, 0.15) is 5.75 Å². The maximum atomic E-state index is 12.6. The Morgan fingerprint density at radius 1 is 1.12 bits per heavy atom. The molecule has 0 radical (unpaired) electrons. The van der Waals surface area contributed by atoms with E-state index in [2.05, 4.69) is 12.1 Å². The predicted molar refractivity (Wildman–Crippen MR) is 105 cm³/mol. The fraction of sp³-hybridized carbons (Fsp3) is 0.238. The fourth-order valence-corrected chi connectivity index (χ4v) is 3.79. The van der Waals surface area contributed by atoms with Gasteiger partial charge in [0, 0.05) is 6.54 Å². The number of nitrogens with zero attached hydrogens (tertiary/aromatic N) is 1. The number of hydrogen-bond acceptors (Lipinski definition) is 4. The second-order valence-electron chi connectivity index (χ2n) is 6.15. The molecule has 1 fully saturated rings. The van der Waals surface area contributed by atoms with Crippen LogP contribution in [0.1, 0.15) is 23.1 Å². The molecule has 1 heterocycles. The molecule has 0 spiro atoms. The molecule has 0 saturated carbocycles. The van der Waals surface area contributed by atoms with Crippen molar-refractivity contribution in [2.24, 2.45) is 0 Å². The summed E-state index contributed by atoms with van der Waals surface area (Å²) in [5.41, 5.74) is 3.09. The van der Waals surface area contributed by atoms with Gasteiger partial charge in [-0.2, -0.15) is 0 Å². The van der Waals surface area contributed by atoms with Gasteiger partial charge in [0.05, 0.1) is 12.0 Å². The Morgan fingerprint density at radius 3 is 2.58 bits per heavy atom. The summed E-state index contributed by atoms with van der Waals surface area (Å²) in [6.45, 7) is 2.39. The Labute approximate surface area is 157 Å². The van der Waals surface area contributed by atoms with Crippen molar-refractivity contribution in [3.63, 3.8) is 0 Å². The minimum absolute atomic E-state index is 0.195. The number of aryl methyl sites for hydroxylation is 2. The number of methoxy groups -OCH3 is 1. The molecular weight excluding hydrogens is 346 g/mol. The molecule has 134 valence electrons. The van der Waals surface area contributed by atoms with Crippen LogP contribution in [0.2, 0.25) is 0 Å². The average molecular weight is 367 g/mol. The minimum atomic E-state index is -0.207. The van der Waals surface area contributed by atoms with Crippen LogP contribution in [0.4, 0.5) is 4.79 Å². The SMILES string of the molecule is COc1ccc(/C=C2/SC(=O)N(CCCc3ccccc3)C2=O)cc1C. The van der Waals surface area contributed by atoms with Crippen LogP contribution in [0.25, 0.3) is 6.08 Å². The molecule has 5 heteroatoms. The van der Waals surface area contributed by atoms with Gasteiger partial charge >= 0.3 is 0 Å². The quantitative estimate of drug-likeness (QED) is 0.696. The number of carbonyl (C=O) groups is 2. The highest BCUT2D eigenvalue weighted by Crippen LogP contribution is 2.33. The van der Waals surface area contributed by atoms with Crippen LogP contribution in [-0.2, 0) is 11.2 Å². The molecule has 2 amide bonds. The third-order valence-electron chi connectivity index (χ3n) is 4.28. The maximum absolute atomic E-state index is 12.6. The van der Waals surface area contributed by atoms with E-state index in [0.29, 0.717) is 11.4 Å². The molecule has 0 aromatic heterocycles.